The van der Waals surface area contributed by atoms with Crippen molar-refractivity contribution in [3.8, 4) is 0 Å². The molecule has 1 saturated heterocycles. The molecule has 1 aliphatic rings. The number of likely N-dealkylation sites (N-methyl/N-ethyl adjacent to an activating group) is 1. The fourth-order valence-corrected chi connectivity index (χ4v) is 2.76. The monoisotopic (exact) mass is 343 g/mol. The molecule has 2 atom stereocenters. The first kappa shape index (κ1) is 17.0. The van der Waals surface area contributed by atoms with Crippen LogP contribution < -0.4 is 5.32 Å². The van der Waals surface area contributed by atoms with Gasteiger partial charge < -0.3 is 15.0 Å². The molecule has 1 aromatic carbocycles. The molecule has 3 rings (SSSR count). The SMILES string of the molecule is Cc1ccc(NC(=O)C2OCC(=O)N(C)C2c2ccccc2F)nc1. The number of aryl methyl sites for hydroxylation is 1. The van der Waals surface area contributed by atoms with Crippen molar-refractivity contribution in [1.82, 2.24) is 9.88 Å². The van der Waals surface area contributed by atoms with Gasteiger partial charge in [-0.05, 0) is 24.6 Å². The summed E-state index contributed by atoms with van der Waals surface area (Å²) in [6, 6.07) is 8.67. The summed E-state index contributed by atoms with van der Waals surface area (Å²) in [4.78, 5) is 30.1. The fourth-order valence-electron chi connectivity index (χ4n) is 2.76. The number of benzene rings is 1. The Morgan fingerprint density at radius 1 is 1.32 bits per heavy atom. The first-order valence-electron chi connectivity index (χ1n) is 7.82. The van der Waals surface area contributed by atoms with Gasteiger partial charge in [0.2, 0.25) is 5.91 Å². The van der Waals surface area contributed by atoms with Crippen molar-refractivity contribution in [3.05, 3.63) is 59.5 Å². The quantitative estimate of drug-likeness (QED) is 0.926. The molecule has 1 fully saturated rings. The Kier molecular flexibility index (Phi) is 4.76. The maximum Gasteiger partial charge on any atom is 0.257 e. The number of ether oxygens (including phenoxy) is 1. The van der Waals surface area contributed by atoms with E-state index < -0.39 is 23.9 Å². The van der Waals surface area contributed by atoms with E-state index in [-0.39, 0.29) is 18.1 Å². The van der Waals surface area contributed by atoms with E-state index in [4.69, 9.17) is 4.74 Å². The van der Waals surface area contributed by atoms with Crippen LogP contribution >= 0.6 is 0 Å². The van der Waals surface area contributed by atoms with Crippen molar-refractivity contribution in [2.45, 2.75) is 19.1 Å². The summed E-state index contributed by atoms with van der Waals surface area (Å²) < 4.78 is 19.7. The lowest BCUT2D eigenvalue weighted by atomic mass is 9.97. The number of pyridine rings is 1. The van der Waals surface area contributed by atoms with Gasteiger partial charge in [0.15, 0.2) is 6.10 Å². The molecule has 2 amide bonds. The zero-order valence-electron chi connectivity index (χ0n) is 13.9. The number of anilines is 1. The molecule has 2 heterocycles. The molecule has 1 aliphatic heterocycles. The number of hydrogen-bond acceptors (Lipinski definition) is 4. The van der Waals surface area contributed by atoms with E-state index in [9.17, 15) is 14.0 Å². The minimum atomic E-state index is -1.04. The molecule has 0 bridgehead atoms. The van der Waals surface area contributed by atoms with Crippen molar-refractivity contribution >= 4 is 17.6 Å². The molecule has 2 unspecified atom stereocenters. The van der Waals surface area contributed by atoms with Crippen molar-refractivity contribution in [1.29, 1.82) is 0 Å². The number of nitrogens with zero attached hydrogens (tertiary/aromatic N) is 2. The molecular formula is C18H18FN3O3. The normalized spacial score (nSPS) is 20.4. The Balaban J connectivity index is 1.89. The van der Waals surface area contributed by atoms with Gasteiger partial charge >= 0.3 is 0 Å². The molecular weight excluding hydrogens is 325 g/mol. The molecule has 0 radical (unpaired) electrons. The van der Waals surface area contributed by atoms with Crippen LogP contribution in [0.1, 0.15) is 17.2 Å². The highest BCUT2D eigenvalue weighted by atomic mass is 19.1. The maximum absolute atomic E-state index is 14.2. The van der Waals surface area contributed by atoms with Gasteiger partial charge in [-0.1, -0.05) is 24.3 Å². The van der Waals surface area contributed by atoms with Gasteiger partial charge in [0.25, 0.3) is 5.91 Å². The van der Waals surface area contributed by atoms with E-state index in [1.54, 1.807) is 30.5 Å². The first-order chi connectivity index (χ1) is 12.0. The van der Waals surface area contributed by atoms with Crippen LogP contribution in [0.4, 0.5) is 10.2 Å². The first-order valence-corrected chi connectivity index (χ1v) is 7.82. The largest absolute Gasteiger partial charge is 0.356 e. The van der Waals surface area contributed by atoms with Gasteiger partial charge in [-0.25, -0.2) is 9.37 Å². The lowest BCUT2D eigenvalue weighted by molar-refractivity contribution is -0.160. The van der Waals surface area contributed by atoms with E-state index in [0.29, 0.717) is 5.82 Å². The van der Waals surface area contributed by atoms with E-state index in [2.05, 4.69) is 10.3 Å². The summed E-state index contributed by atoms with van der Waals surface area (Å²) in [5.74, 6) is -0.926. The highest BCUT2D eigenvalue weighted by Gasteiger charge is 2.41. The third-order valence-electron chi connectivity index (χ3n) is 4.13. The average molecular weight is 343 g/mol. The number of nitrogens with one attached hydrogen (secondary N) is 1. The summed E-state index contributed by atoms with van der Waals surface area (Å²) >= 11 is 0. The van der Waals surface area contributed by atoms with E-state index >= 15 is 0 Å². The zero-order chi connectivity index (χ0) is 18.0. The smallest absolute Gasteiger partial charge is 0.257 e. The predicted octanol–water partition coefficient (Wildman–Crippen LogP) is 2.07. The minimum absolute atomic E-state index is 0.232. The number of morpholine rings is 1. The number of amides is 2. The second-order valence-electron chi connectivity index (χ2n) is 5.91. The zero-order valence-corrected chi connectivity index (χ0v) is 13.9. The summed E-state index contributed by atoms with van der Waals surface area (Å²) in [6.07, 6.45) is 0.587. The lowest BCUT2D eigenvalue weighted by Gasteiger charge is -2.38. The van der Waals surface area contributed by atoms with Crippen LogP contribution in [0.3, 0.4) is 0 Å². The summed E-state index contributed by atoms with van der Waals surface area (Å²) in [6.45, 7) is 1.65. The van der Waals surface area contributed by atoms with Crippen molar-refractivity contribution in [3.63, 3.8) is 0 Å². The number of carbonyl (C=O) groups is 2. The number of aromatic nitrogens is 1. The number of carbonyl (C=O) groups excluding carboxylic acids is 2. The number of hydrogen-bond donors (Lipinski definition) is 1. The van der Waals surface area contributed by atoms with Gasteiger partial charge in [0.1, 0.15) is 18.2 Å². The van der Waals surface area contributed by atoms with Gasteiger partial charge in [-0.2, -0.15) is 0 Å². The van der Waals surface area contributed by atoms with Gasteiger partial charge in [-0.15, -0.1) is 0 Å². The van der Waals surface area contributed by atoms with Crippen LogP contribution in [0.5, 0.6) is 0 Å². The van der Waals surface area contributed by atoms with Crippen LogP contribution in [0, 0.1) is 12.7 Å². The second kappa shape index (κ2) is 6.98. The molecule has 7 heteroatoms. The third kappa shape index (κ3) is 3.51. The standard InChI is InChI=1S/C18H18FN3O3/c1-11-7-8-14(20-9-11)21-18(24)17-16(22(2)15(23)10-25-17)12-5-3-4-6-13(12)19/h3-9,16-17H,10H2,1-2H3,(H,20,21,24). The second-order valence-corrected chi connectivity index (χ2v) is 5.91. The maximum atomic E-state index is 14.2. The highest BCUT2D eigenvalue weighted by Crippen LogP contribution is 2.31. The molecule has 6 nitrogen and oxygen atoms in total. The molecule has 130 valence electrons. The molecule has 25 heavy (non-hydrogen) atoms. The Morgan fingerprint density at radius 2 is 2.08 bits per heavy atom. The molecule has 1 aromatic heterocycles. The highest BCUT2D eigenvalue weighted by molar-refractivity contribution is 5.95. The Bertz CT molecular complexity index is 794. The van der Waals surface area contributed by atoms with Crippen LogP contribution in [0.25, 0.3) is 0 Å². The molecule has 2 aromatic rings. The molecule has 1 N–H and O–H groups in total. The van der Waals surface area contributed by atoms with Crippen molar-refractivity contribution < 1.29 is 18.7 Å². The third-order valence-corrected chi connectivity index (χ3v) is 4.13. The van der Waals surface area contributed by atoms with Crippen LogP contribution in [-0.4, -0.2) is 41.5 Å². The Morgan fingerprint density at radius 3 is 2.76 bits per heavy atom. The molecule has 0 spiro atoms. The van der Waals surface area contributed by atoms with Crippen LogP contribution in [0.15, 0.2) is 42.6 Å². The van der Waals surface area contributed by atoms with Crippen molar-refractivity contribution in [2.24, 2.45) is 0 Å². The Labute approximate surface area is 144 Å². The summed E-state index contributed by atoms with van der Waals surface area (Å²) in [5, 5.41) is 2.66. The fraction of sp³-hybridized carbons (Fsp3) is 0.278. The number of halogens is 1. The average Bonchev–Trinajstić information content (AvgIpc) is 2.60. The van der Waals surface area contributed by atoms with Crippen molar-refractivity contribution in [2.75, 3.05) is 19.0 Å². The summed E-state index contributed by atoms with van der Waals surface area (Å²) in [7, 11) is 1.53. The van der Waals surface area contributed by atoms with Gasteiger partial charge in [0, 0.05) is 18.8 Å². The predicted molar refractivity (Wildman–Crippen MR) is 89.3 cm³/mol. The van der Waals surface area contributed by atoms with Gasteiger partial charge in [-0.3, -0.25) is 9.59 Å². The van der Waals surface area contributed by atoms with E-state index in [1.807, 2.05) is 13.0 Å². The summed E-state index contributed by atoms with van der Waals surface area (Å²) in [5.41, 5.74) is 1.19. The Hall–Kier alpha value is -2.80. The topological polar surface area (TPSA) is 71.5 Å². The van der Waals surface area contributed by atoms with E-state index in [1.165, 1.54) is 18.0 Å². The van der Waals surface area contributed by atoms with Gasteiger partial charge in [0.05, 0.1) is 6.04 Å². The molecule has 0 saturated carbocycles. The lowest BCUT2D eigenvalue weighted by Crippen LogP contribution is -2.51. The van der Waals surface area contributed by atoms with Crippen LogP contribution in [-0.2, 0) is 14.3 Å². The van der Waals surface area contributed by atoms with Crippen LogP contribution in [0.2, 0.25) is 0 Å². The minimum Gasteiger partial charge on any atom is -0.356 e. The van der Waals surface area contributed by atoms with E-state index in [0.717, 1.165) is 5.56 Å². The number of rotatable bonds is 3. The molecule has 0 aliphatic carbocycles.